The van der Waals surface area contributed by atoms with E-state index in [1.165, 1.54) is 23.1 Å². The molecule has 24 heavy (non-hydrogen) atoms. The molecule has 0 saturated carbocycles. The van der Waals surface area contributed by atoms with Crippen LogP contribution in [0.15, 0.2) is 47.4 Å². The molecule has 2 aromatic rings. The van der Waals surface area contributed by atoms with Crippen molar-refractivity contribution in [2.24, 2.45) is 0 Å². The molecule has 6 heteroatoms. The van der Waals surface area contributed by atoms with E-state index >= 15 is 0 Å². The highest BCUT2D eigenvalue weighted by molar-refractivity contribution is 8.26. The average molecular weight is 378 g/mol. The third kappa shape index (κ3) is 3.53. The summed E-state index contributed by atoms with van der Waals surface area (Å²) in [6.07, 6.45) is 1.46. The number of halogens is 2. The number of hydrogen-bond donors (Lipinski definition) is 0. The van der Waals surface area contributed by atoms with Crippen LogP contribution in [0, 0.1) is 12.7 Å². The van der Waals surface area contributed by atoms with Crippen molar-refractivity contribution in [2.75, 3.05) is 0 Å². The Bertz CT molecular complexity index is 828. The Morgan fingerprint density at radius 1 is 1.25 bits per heavy atom. The van der Waals surface area contributed by atoms with Gasteiger partial charge >= 0.3 is 0 Å². The minimum absolute atomic E-state index is 0.204. The molecule has 0 unspecified atom stereocenters. The van der Waals surface area contributed by atoms with Crippen molar-refractivity contribution in [3.63, 3.8) is 0 Å². The summed E-state index contributed by atoms with van der Waals surface area (Å²) >= 11 is 12.5. The number of aryl methyl sites for hydroxylation is 1. The van der Waals surface area contributed by atoms with Gasteiger partial charge in [-0.1, -0.05) is 71.5 Å². The van der Waals surface area contributed by atoms with E-state index in [-0.39, 0.29) is 16.5 Å². The molecule has 2 aromatic carbocycles. The van der Waals surface area contributed by atoms with Crippen LogP contribution in [-0.4, -0.2) is 15.1 Å². The highest BCUT2D eigenvalue weighted by atomic mass is 35.5. The predicted molar refractivity (Wildman–Crippen MR) is 101 cm³/mol. The van der Waals surface area contributed by atoms with Gasteiger partial charge < -0.3 is 0 Å². The first kappa shape index (κ1) is 17.1. The monoisotopic (exact) mass is 377 g/mol. The summed E-state index contributed by atoms with van der Waals surface area (Å²) in [5.74, 6) is -0.698. The standard InChI is InChI=1S/C18H13ClFNOS2/c1-11-5-7-12(8-6-11)10-21-17(22)16(24-18(21)23)9-13-14(19)3-2-4-15(13)20/h2-9H,10H2,1H3. The normalized spacial score (nSPS) is 16.3. The van der Waals surface area contributed by atoms with Crippen LogP contribution in [0.5, 0.6) is 0 Å². The molecule has 0 aliphatic carbocycles. The Kier molecular flexibility index (Phi) is 5.04. The van der Waals surface area contributed by atoms with E-state index in [0.29, 0.717) is 15.8 Å². The lowest BCUT2D eigenvalue weighted by Crippen LogP contribution is -2.27. The van der Waals surface area contributed by atoms with E-state index in [4.69, 9.17) is 23.8 Å². The van der Waals surface area contributed by atoms with E-state index in [1.807, 2.05) is 31.2 Å². The van der Waals surface area contributed by atoms with Gasteiger partial charge in [0, 0.05) is 5.56 Å². The number of benzene rings is 2. The fraction of sp³-hybridized carbons (Fsp3) is 0.111. The Morgan fingerprint density at radius 2 is 1.96 bits per heavy atom. The van der Waals surface area contributed by atoms with Crippen molar-refractivity contribution >= 4 is 51.9 Å². The number of rotatable bonds is 3. The molecule has 0 bridgehead atoms. The van der Waals surface area contributed by atoms with Crippen molar-refractivity contribution in [1.82, 2.24) is 4.90 Å². The number of thiocarbonyl (C=S) groups is 1. The fourth-order valence-corrected chi connectivity index (χ4v) is 3.75. The van der Waals surface area contributed by atoms with Crippen molar-refractivity contribution < 1.29 is 9.18 Å². The highest BCUT2D eigenvalue weighted by Crippen LogP contribution is 2.35. The number of carbonyl (C=O) groups excluding carboxylic acids is 1. The largest absolute Gasteiger partial charge is 0.288 e. The van der Waals surface area contributed by atoms with Gasteiger partial charge in [-0.2, -0.15) is 0 Å². The molecule has 1 saturated heterocycles. The topological polar surface area (TPSA) is 20.3 Å². The summed E-state index contributed by atoms with van der Waals surface area (Å²) in [6, 6.07) is 12.3. The van der Waals surface area contributed by atoms with E-state index in [2.05, 4.69) is 0 Å². The molecule has 1 aliphatic rings. The number of hydrogen-bond acceptors (Lipinski definition) is 3. The first-order valence-electron chi connectivity index (χ1n) is 7.20. The zero-order valence-corrected chi connectivity index (χ0v) is 15.1. The van der Waals surface area contributed by atoms with Crippen LogP contribution in [0.3, 0.4) is 0 Å². The first-order valence-corrected chi connectivity index (χ1v) is 8.81. The minimum Gasteiger partial charge on any atom is -0.288 e. The quantitative estimate of drug-likeness (QED) is 0.542. The highest BCUT2D eigenvalue weighted by Gasteiger charge is 2.32. The van der Waals surface area contributed by atoms with E-state index in [1.54, 1.807) is 6.07 Å². The van der Waals surface area contributed by atoms with Crippen molar-refractivity contribution in [1.29, 1.82) is 0 Å². The summed E-state index contributed by atoms with van der Waals surface area (Å²) in [5, 5.41) is 0.263. The van der Waals surface area contributed by atoms with Gasteiger partial charge in [0.15, 0.2) is 0 Å². The third-order valence-corrected chi connectivity index (χ3v) is 5.32. The third-order valence-electron chi connectivity index (χ3n) is 3.61. The van der Waals surface area contributed by atoms with Crippen LogP contribution in [0.2, 0.25) is 5.02 Å². The van der Waals surface area contributed by atoms with Crippen LogP contribution < -0.4 is 0 Å². The molecular formula is C18H13ClFNOS2. The maximum atomic E-state index is 13.9. The summed E-state index contributed by atoms with van der Waals surface area (Å²) in [7, 11) is 0. The van der Waals surface area contributed by atoms with Crippen LogP contribution in [0.1, 0.15) is 16.7 Å². The molecule has 1 heterocycles. The van der Waals surface area contributed by atoms with Gasteiger partial charge in [-0.15, -0.1) is 0 Å². The summed E-state index contributed by atoms with van der Waals surface area (Å²) < 4.78 is 14.4. The molecule has 122 valence electrons. The molecular weight excluding hydrogens is 365 g/mol. The van der Waals surface area contributed by atoms with E-state index in [9.17, 15) is 9.18 Å². The number of carbonyl (C=O) groups is 1. The maximum Gasteiger partial charge on any atom is 0.266 e. The fourth-order valence-electron chi connectivity index (χ4n) is 2.29. The zero-order valence-electron chi connectivity index (χ0n) is 12.8. The minimum atomic E-state index is -0.466. The zero-order chi connectivity index (χ0) is 17.3. The summed E-state index contributed by atoms with van der Waals surface area (Å²) in [6.45, 7) is 2.40. The molecule has 2 nitrogen and oxygen atoms in total. The van der Waals surface area contributed by atoms with Gasteiger partial charge in [0.25, 0.3) is 5.91 Å². The molecule has 1 amide bonds. The van der Waals surface area contributed by atoms with Crippen molar-refractivity contribution in [3.05, 3.63) is 74.9 Å². The average Bonchev–Trinajstić information content (AvgIpc) is 2.80. The van der Waals surface area contributed by atoms with Crippen molar-refractivity contribution in [3.8, 4) is 0 Å². The van der Waals surface area contributed by atoms with Gasteiger partial charge in [-0.25, -0.2) is 4.39 Å². The van der Waals surface area contributed by atoms with E-state index in [0.717, 1.165) is 22.9 Å². The second-order valence-electron chi connectivity index (χ2n) is 5.39. The van der Waals surface area contributed by atoms with Crippen LogP contribution >= 0.6 is 35.6 Å². The van der Waals surface area contributed by atoms with Gasteiger partial charge in [0.1, 0.15) is 10.1 Å². The Labute approximate surface area is 154 Å². The molecule has 0 aromatic heterocycles. The Morgan fingerprint density at radius 3 is 2.62 bits per heavy atom. The lowest BCUT2D eigenvalue weighted by atomic mass is 10.1. The molecule has 0 spiro atoms. The predicted octanol–water partition coefficient (Wildman–Crippen LogP) is 5.19. The molecule has 3 rings (SSSR count). The number of amides is 1. The van der Waals surface area contributed by atoms with Gasteiger partial charge in [0.05, 0.1) is 16.5 Å². The maximum absolute atomic E-state index is 13.9. The SMILES string of the molecule is Cc1ccc(CN2C(=O)C(=Cc3c(F)cccc3Cl)SC2=S)cc1. The summed E-state index contributed by atoms with van der Waals surface area (Å²) in [4.78, 5) is 14.5. The first-order chi connectivity index (χ1) is 11.5. The number of thioether (sulfide) groups is 1. The molecule has 0 atom stereocenters. The van der Waals surface area contributed by atoms with Crippen molar-refractivity contribution in [2.45, 2.75) is 13.5 Å². The number of nitrogens with zero attached hydrogens (tertiary/aromatic N) is 1. The Hall–Kier alpha value is -1.69. The van der Waals surface area contributed by atoms with Crippen LogP contribution in [0.25, 0.3) is 6.08 Å². The van der Waals surface area contributed by atoms with Gasteiger partial charge in [-0.05, 0) is 30.7 Å². The lowest BCUT2D eigenvalue weighted by Gasteiger charge is -2.14. The lowest BCUT2D eigenvalue weighted by molar-refractivity contribution is -0.122. The van der Waals surface area contributed by atoms with Crippen LogP contribution in [0.4, 0.5) is 4.39 Å². The van der Waals surface area contributed by atoms with E-state index < -0.39 is 5.82 Å². The Balaban J connectivity index is 1.86. The second kappa shape index (κ2) is 7.05. The van der Waals surface area contributed by atoms with Crippen LogP contribution in [-0.2, 0) is 11.3 Å². The molecule has 0 N–H and O–H groups in total. The second-order valence-corrected chi connectivity index (χ2v) is 7.47. The smallest absolute Gasteiger partial charge is 0.266 e. The molecule has 1 fully saturated rings. The van der Waals surface area contributed by atoms with Gasteiger partial charge in [-0.3, -0.25) is 9.69 Å². The molecule has 0 radical (unpaired) electrons. The summed E-state index contributed by atoms with van der Waals surface area (Å²) in [5.41, 5.74) is 2.34. The molecule has 1 aliphatic heterocycles. The van der Waals surface area contributed by atoms with Gasteiger partial charge in [0.2, 0.25) is 0 Å².